The summed E-state index contributed by atoms with van der Waals surface area (Å²) in [5, 5.41) is 21.0. The number of phenols is 1. The Labute approximate surface area is 126 Å². The Morgan fingerprint density at radius 3 is 2.62 bits per heavy atom. The second-order valence-electron chi connectivity index (χ2n) is 4.41. The molecule has 0 amide bonds. The molecule has 0 saturated carbocycles. The average molecular weight is 302 g/mol. The zero-order valence-corrected chi connectivity index (χ0v) is 11.7. The molecule has 0 spiro atoms. The maximum Gasteiger partial charge on any atom is 0.247 e. The quantitative estimate of drug-likeness (QED) is 0.768. The Morgan fingerprint density at radius 1 is 1.14 bits per heavy atom. The van der Waals surface area contributed by atoms with Crippen molar-refractivity contribution >= 4 is 17.3 Å². The van der Waals surface area contributed by atoms with Gasteiger partial charge in [0.25, 0.3) is 0 Å². The number of aromatic hydroxyl groups is 1. The highest BCUT2D eigenvalue weighted by Crippen LogP contribution is 2.26. The summed E-state index contributed by atoms with van der Waals surface area (Å²) in [6.45, 7) is 0.436. The molecule has 0 atom stereocenters. The summed E-state index contributed by atoms with van der Waals surface area (Å²) in [6, 6.07) is 12.6. The molecule has 0 aliphatic rings. The van der Waals surface area contributed by atoms with Crippen LogP contribution in [-0.4, -0.2) is 15.3 Å². The second-order valence-corrected chi connectivity index (χ2v) is 4.82. The molecule has 2 aromatic carbocycles. The molecule has 0 radical (unpaired) electrons. The van der Waals surface area contributed by atoms with Gasteiger partial charge in [0.05, 0.1) is 0 Å². The third kappa shape index (κ3) is 2.98. The standard InChI is InChI=1S/C15H12ClN3O2/c16-13-2-1-3-14(20)12(13)8-17-11-6-4-10(5-7-11)15-19-18-9-21-15/h1-7,9,17,20H,8H2. The van der Waals surface area contributed by atoms with Gasteiger partial charge in [-0.1, -0.05) is 17.7 Å². The van der Waals surface area contributed by atoms with Gasteiger partial charge in [-0.05, 0) is 36.4 Å². The van der Waals surface area contributed by atoms with Crippen LogP contribution in [0.1, 0.15) is 5.56 Å². The lowest BCUT2D eigenvalue weighted by atomic mass is 10.1. The van der Waals surface area contributed by atoms with Crippen LogP contribution in [0.25, 0.3) is 11.5 Å². The summed E-state index contributed by atoms with van der Waals surface area (Å²) in [4.78, 5) is 0. The molecule has 2 N–H and O–H groups in total. The summed E-state index contributed by atoms with van der Waals surface area (Å²) in [5.74, 6) is 0.655. The first kappa shape index (κ1) is 13.5. The van der Waals surface area contributed by atoms with Gasteiger partial charge in [0.1, 0.15) is 5.75 Å². The summed E-state index contributed by atoms with van der Waals surface area (Å²) in [5.41, 5.74) is 2.41. The van der Waals surface area contributed by atoms with Crippen LogP contribution in [0.2, 0.25) is 5.02 Å². The SMILES string of the molecule is Oc1cccc(Cl)c1CNc1ccc(-c2nnco2)cc1. The van der Waals surface area contributed by atoms with E-state index in [9.17, 15) is 5.11 Å². The summed E-state index contributed by atoms with van der Waals surface area (Å²) in [6.07, 6.45) is 1.29. The number of halogens is 1. The minimum atomic E-state index is 0.178. The van der Waals surface area contributed by atoms with E-state index in [-0.39, 0.29) is 5.75 Å². The van der Waals surface area contributed by atoms with Gasteiger partial charge in [-0.3, -0.25) is 0 Å². The summed E-state index contributed by atoms with van der Waals surface area (Å²) < 4.78 is 5.13. The Kier molecular flexibility index (Phi) is 3.75. The molecule has 3 aromatic rings. The highest BCUT2D eigenvalue weighted by Gasteiger charge is 2.06. The van der Waals surface area contributed by atoms with Crippen molar-refractivity contribution < 1.29 is 9.52 Å². The van der Waals surface area contributed by atoms with Crippen LogP contribution < -0.4 is 5.32 Å². The Bertz CT molecular complexity index is 707. The number of benzene rings is 2. The molecule has 21 heavy (non-hydrogen) atoms. The van der Waals surface area contributed by atoms with E-state index in [1.807, 2.05) is 24.3 Å². The van der Waals surface area contributed by atoms with E-state index in [0.29, 0.717) is 23.0 Å². The zero-order valence-electron chi connectivity index (χ0n) is 11.0. The van der Waals surface area contributed by atoms with Gasteiger partial charge in [-0.2, -0.15) is 0 Å². The number of anilines is 1. The predicted octanol–water partition coefficient (Wildman–Crippen LogP) is 3.71. The summed E-state index contributed by atoms with van der Waals surface area (Å²) in [7, 11) is 0. The normalized spacial score (nSPS) is 10.5. The minimum Gasteiger partial charge on any atom is -0.508 e. The van der Waals surface area contributed by atoms with Crippen LogP contribution >= 0.6 is 11.6 Å². The van der Waals surface area contributed by atoms with Crippen molar-refractivity contribution in [2.24, 2.45) is 0 Å². The van der Waals surface area contributed by atoms with Gasteiger partial charge in [0, 0.05) is 28.4 Å². The van der Waals surface area contributed by atoms with Crippen molar-refractivity contribution in [3.05, 3.63) is 59.4 Å². The smallest absolute Gasteiger partial charge is 0.247 e. The van der Waals surface area contributed by atoms with Crippen LogP contribution in [0.4, 0.5) is 5.69 Å². The molecule has 6 heteroatoms. The highest BCUT2D eigenvalue weighted by atomic mass is 35.5. The zero-order chi connectivity index (χ0) is 14.7. The highest BCUT2D eigenvalue weighted by molar-refractivity contribution is 6.31. The van der Waals surface area contributed by atoms with E-state index in [0.717, 1.165) is 11.3 Å². The number of aromatic nitrogens is 2. The minimum absolute atomic E-state index is 0.178. The van der Waals surface area contributed by atoms with Crippen LogP contribution in [0, 0.1) is 0 Å². The fraction of sp³-hybridized carbons (Fsp3) is 0.0667. The maximum absolute atomic E-state index is 9.79. The van der Waals surface area contributed by atoms with Crippen LogP contribution in [0.3, 0.4) is 0 Å². The number of hydrogen-bond acceptors (Lipinski definition) is 5. The number of nitrogens with zero attached hydrogens (tertiary/aromatic N) is 2. The molecule has 1 aromatic heterocycles. The Morgan fingerprint density at radius 2 is 1.95 bits per heavy atom. The number of phenolic OH excluding ortho intramolecular Hbond substituents is 1. The lowest BCUT2D eigenvalue weighted by molar-refractivity contribution is 0.469. The molecular formula is C15H12ClN3O2. The molecule has 0 fully saturated rings. The third-order valence-corrected chi connectivity index (χ3v) is 3.41. The van der Waals surface area contributed by atoms with Crippen LogP contribution in [0.15, 0.2) is 53.3 Å². The van der Waals surface area contributed by atoms with Crippen molar-refractivity contribution in [2.45, 2.75) is 6.54 Å². The van der Waals surface area contributed by atoms with E-state index < -0.39 is 0 Å². The molecule has 3 rings (SSSR count). The molecule has 0 aliphatic carbocycles. The molecule has 0 bridgehead atoms. The largest absolute Gasteiger partial charge is 0.508 e. The van der Waals surface area contributed by atoms with E-state index in [2.05, 4.69) is 15.5 Å². The van der Waals surface area contributed by atoms with Gasteiger partial charge in [0.2, 0.25) is 12.3 Å². The van der Waals surface area contributed by atoms with Gasteiger partial charge < -0.3 is 14.8 Å². The topological polar surface area (TPSA) is 71.2 Å². The monoisotopic (exact) mass is 301 g/mol. The molecule has 0 saturated heterocycles. The molecule has 0 unspecified atom stereocenters. The summed E-state index contributed by atoms with van der Waals surface area (Å²) >= 11 is 6.06. The fourth-order valence-electron chi connectivity index (χ4n) is 1.94. The van der Waals surface area contributed by atoms with Crippen LogP contribution in [0.5, 0.6) is 5.75 Å². The average Bonchev–Trinajstić information content (AvgIpc) is 3.02. The second kappa shape index (κ2) is 5.85. The van der Waals surface area contributed by atoms with E-state index in [1.165, 1.54) is 6.39 Å². The fourth-order valence-corrected chi connectivity index (χ4v) is 2.18. The van der Waals surface area contributed by atoms with E-state index in [4.69, 9.17) is 16.0 Å². The predicted molar refractivity (Wildman–Crippen MR) is 80.2 cm³/mol. The molecule has 5 nitrogen and oxygen atoms in total. The Balaban J connectivity index is 1.71. The van der Waals surface area contributed by atoms with Crippen LogP contribution in [-0.2, 0) is 6.54 Å². The molecule has 0 aliphatic heterocycles. The number of nitrogens with one attached hydrogen (secondary N) is 1. The maximum atomic E-state index is 9.79. The molecule has 1 heterocycles. The van der Waals surface area contributed by atoms with Gasteiger partial charge >= 0.3 is 0 Å². The van der Waals surface area contributed by atoms with Crippen molar-refractivity contribution in [1.82, 2.24) is 10.2 Å². The Hall–Kier alpha value is -2.53. The van der Waals surface area contributed by atoms with E-state index >= 15 is 0 Å². The third-order valence-electron chi connectivity index (χ3n) is 3.06. The lowest BCUT2D eigenvalue weighted by Crippen LogP contribution is -2.00. The first-order valence-electron chi connectivity index (χ1n) is 6.31. The van der Waals surface area contributed by atoms with Gasteiger partial charge in [0.15, 0.2) is 0 Å². The van der Waals surface area contributed by atoms with Gasteiger partial charge in [-0.15, -0.1) is 10.2 Å². The number of rotatable bonds is 4. The van der Waals surface area contributed by atoms with Crippen molar-refractivity contribution in [1.29, 1.82) is 0 Å². The lowest BCUT2D eigenvalue weighted by Gasteiger charge is -2.10. The van der Waals surface area contributed by atoms with Crippen molar-refractivity contribution in [3.63, 3.8) is 0 Å². The first-order valence-corrected chi connectivity index (χ1v) is 6.68. The molecular weight excluding hydrogens is 290 g/mol. The molecule has 106 valence electrons. The van der Waals surface area contributed by atoms with Crippen molar-refractivity contribution in [3.8, 4) is 17.2 Å². The van der Waals surface area contributed by atoms with E-state index in [1.54, 1.807) is 18.2 Å². The van der Waals surface area contributed by atoms with Crippen molar-refractivity contribution in [2.75, 3.05) is 5.32 Å². The number of hydrogen-bond donors (Lipinski definition) is 2. The first-order chi connectivity index (χ1) is 10.2. The van der Waals surface area contributed by atoms with Gasteiger partial charge in [-0.25, -0.2) is 0 Å².